The Labute approximate surface area is 189 Å². The molecule has 1 amide bonds. The number of aromatic nitrogens is 5. The van der Waals surface area contributed by atoms with E-state index in [1.165, 1.54) is 0 Å². The third kappa shape index (κ3) is 4.42. The number of hydrogen-bond acceptors (Lipinski definition) is 7. The van der Waals surface area contributed by atoms with Gasteiger partial charge in [0, 0.05) is 42.7 Å². The zero-order valence-electron chi connectivity index (χ0n) is 17.9. The van der Waals surface area contributed by atoms with Gasteiger partial charge in [0.05, 0.1) is 5.39 Å². The fraction of sp³-hybridized carbons (Fsp3) is 0.125. The highest BCUT2D eigenvalue weighted by molar-refractivity contribution is 6.00. The van der Waals surface area contributed by atoms with Crippen molar-refractivity contribution in [1.82, 2.24) is 30.2 Å². The molecule has 0 saturated heterocycles. The molecule has 0 saturated carbocycles. The first-order valence-corrected chi connectivity index (χ1v) is 10.5. The Kier molecular flexibility index (Phi) is 5.50. The summed E-state index contributed by atoms with van der Waals surface area (Å²) >= 11 is 0. The molecular formula is C24H21N7O2. The van der Waals surface area contributed by atoms with E-state index in [1.54, 1.807) is 29.1 Å². The molecule has 0 spiro atoms. The summed E-state index contributed by atoms with van der Waals surface area (Å²) in [6, 6.07) is 18.7. The van der Waals surface area contributed by atoms with E-state index in [4.69, 9.17) is 4.52 Å². The molecule has 0 unspecified atom stereocenters. The number of carbonyl (C=O) groups is 1. The van der Waals surface area contributed by atoms with Crippen molar-refractivity contribution in [2.24, 2.45) is 0 Å². The predicted molar refractivity (Wildman–Crippen MR) is 124 cm³/mol. The highest BCUT2D eigenvalue weighted by Gasteiger charge is 2.14. The average molecular weight is 439 g/mol. The number of nitrogens with one attached hydrogen (secondary N) is 2. The van der Waals surface area contributed by atoms with E-state index in [0.717, 1.165) is 10.9 Å². The molecule has 2 N–H and O–H groups in total. The number of fused-ring (bicyclic) bond motifs is 1. The SMILES string of the molecule is Cc1nc(NCCNC(=O)c2ccc3noc(-c4ccccc4)c3c2)cc(-n2cccn2)n1. The number of amides is 1. The van der Waals surface area contributed by atoms with E-state index in [2.05, 4.69) is 30.9 Å². The Morgan fingerprint density at radius 2 is 1.91 bits per heavy atom. The summed E-state index contributed by atoms with van der Waals surface area (Å²) in [6.45, 7) is 2.75. The number of benzene rings is 2. The minimum atomic E-state index is -0.171. The average Bonchev–Trinajstić information content (AvgIpc) is 3.52. The summed E-state index contributed by atoms with van der Waals surface area (Å²) in [7, 11) is 0. The van der Waals surface area contributed by atoms with Crippen LogP contribution in [-0.2, 0) is 0 Å². The molecule has 3 aromatic heterocycles. The third-order valence-electron chi connectivity index (χ3n) is 5.05. The van der Waals surface area contributed by atoms with E-state index >= 15 is 0 Å². The minimum Gasteiger partial charge on any atom is -0.368 e. The van der Waals surface area contributed by atoms with Crippen LogP contribution in [0.25, 0.3) is 28.0 Å². The van der Waals surface area contributed by atoms with Crippen molar-refractivity contribution in [2.45, 2.75) is 6.92 Å². The number of aryl methyl sites for hydroxylation is 1. The maximum atomic E-state index is 12.7. The Morgan fingerprint density at radius 3 is 2.73 bits per heavy atom. The molecule has 33 heavy (non-hydrogen) atoms. The van der Waals surface area contributed by atoms with Gasteiger partial charge in [0.25, 0.3) is 5.91 Å². The van der Waals surface area contributed by atoms with Gasteiger partial charge >= 0.3 is 0 Å². The Bertz CT molecular complexity index is 1400. The highest BCUT2D eigenvalue weighted by Crippen LogP contribution is 2.29. The first-order chi connectivity index (χ1) is 16.2. The van der Waals surface area contributed by atoms with Crippen LogP contribution in [0.2, 0.25) is 0 Å². The second kappa shape index (κ2) is 8.91. The summed E-state index contributed by atoms with van der Waals surface area (Å²) in [5.74, 6) is 2.45. The van der Waals surface area contributed by atoms with Gasteiger partial charge in [-0.25, -0.2) is 14.6 Å². The van der Waals surface area contributed by atoms with E-state index in [1.807, 2.05) is 55.6 Å². The summed E-state index contributed by atoms with van der Waals surface area (Å²) in [6.07, 6.45) is 3.52. The van der Waals surface area contributed by atoms with Crippen LogP contribution in [0.5, 0.6) is 0 Å². The van der Waals surface area contributed by atoms with Crippen LogP contribution in [0.15, 0.2) is 77.6 Å². The fourth-order valence-electron chi connectivity index (χ4n) is 3.51. The number of carbonyl (C=O) groups excluding carboxylic acids is 1. The Balaban J connectivity index is 1.23. The van der Waals surface area contributed by atoms with Crippen molar-refractivity contribution < 1.29 is 9.32 Å². The topological polar surface area (TPSA) is 111 Å². The molecule has 164 valence electrons. The van der Waals surface area contributed by atoms with Gasteiger partial charge in [-0.05, 0) is 31.2 Å². The first kappa shape index (κ1) is 20.4. The summed E-state index contributed by atoms with van der Waals surface area (Å²) in [4.78, 5) is 21.5. The number of anilines is 1. The number of hydrogen-bond donors (Lipinski definition) is 2. The van der Waals surface area contributed by atoms with Crippen LogP contribution < -0.4 is 10.6 Å². The van der Waals surface area contributed by atoms with Crippen LogP contribution in [-0.4, -0.2) is 43.9 Å². The molecule has 0 radical (unpaired) electrons. The second-order valence-electron chi connectivity index (χ2n) is 7.40. The monoisotopic (exact) mass is 439 g/mol. The van der Waals surface area contributed by atoms with Gasteiger partial charge < -0.3 is 15.2 Å². The molecule has 2 aromatic carbocycles. The van der Waals surface area contributed by atoms with E-state index in [-0.39, 0.29) is 5.91 Å². The summed E-state index contributed by atoms with van der Waals surface area (Å²) in [5.41, 5.74) is 2.16. The van der Waals surface area contributed by atoms with Gasteiger partial charge in [0.15, 0.2) is 11.6 Å². The van der Waals surface area contributed by atoms with Gasteiger partial charge in [-0.1, -0.05) is 35.5 Å². The molecule has 0 aliphatic heterocycles. The van der Waals surface area contributed by atoms with E-state index in [0.29, 0.717) is 47.4 Å². The van der Waals surface area contributed by atoms with Crippen molar-refractivity contribution in [1.29, 1.82) is 0 Å². The van der Waals surface area contributed by atoms with E-state index in [9.17, 15) is 4.79 Å². The zero-order valence-corrected chi connectivity index (χ0v) is 17.9. The van der Waals surface area contributed by atoms with Crippen LogP contribution in [0.1, 0.15) is 16.2 Å². The maximum Gasteiger partial charge on any atom is 0.251 e. The second-order valence-corrected chi connectivity index (χ2v) is 7.40. The Morgan fingerprint density at radius 1 is 1.03 bits per heavy atom. The minimum absolute atomic E-state index is 0.171. The number of nitrogens with zero attached hydrogens (tertiary/aromatic N) is 5. The maximum absolute atomic E-state index is 12.7. The molecule has 9 heteroatoms. The van der Waals surface area contributed by atoms with Crippen molar-refractivity contribution in [3.05, 3.63) is 84.4 Å². The Hall–Kier alpha value is -4.53. The standard InChI is InChI=1S/C24H21N7O2/c1-16-28-21(15-22(29-16)31-13-5-10-27-31)25-11-12-26-24(32)18-8-9-20-19(14-18)23(33-30-20)17-6-3-2-4-7-17/h2-10,13-15H,11-12H2,1H3,(H,26,32)(H,25,28,29). The molecule has 5 rings (SSSR count). The van der Waals surface area contributed by atoms with Gasteiger partial charge in [-0.2, -0.15) is 5.10 Å². The molecule has 0 fully saturated rings. The lowest BCUT2D eigenvalue weighted by Gasteiger charge is -2.10. The molecule has 0 aliphatic carbocycles. The molecule has 0 aliphatic rings. The van der Waals surface area contributed by atoms with Crippen LogP contribution in [0.4, 0.5) is 5.82 Å². The summed E-state index contributed by atoms with van der Waals surface area (Å²) < 4.78 is 7.19. The van der Waals surface area contributed by atoms with Gasteiger partial charge in [-0.3, -0.25) is 4.79 Å². The predicted octanol–water partition coefficient (Wildman–Crippen LogP) is 3.62. The van der Waals surface area contributed by atoms with Crippen molar-refractivity contribution in [3.8, 4) is 17.1 Å². The quantitative estimate of drug-likeness (QED) is 0.373. The number of rotatable bonds is 7. The molecular weight excluding hydrogens is 418 g/mol. The van der Waals surface area contributed by atoms with Gasteiger partial charge in [-0.15, -0.1) is 0 Å². The normalized spacial score (nSPS) is 10.9. The highest BCUT2D eigenvalue weighted by atomic mass is 16.5. The largest absolute Gasteiger partial charge is 0.368 e. The molecule has 5 aromatic rings. The van der Waals surface area contributed by atoms with Crippen LogP contribution >= 0.6 is 0 Å². The van der Waals surface area contributed by atoms with Crippen LogP contribution in [0.3, 0.4) is 0 Å². The van der Waals surface area contributed by atoms with Gasteiger partial charge in [0.2, 0.25) is 0 Å². The zero-order chi connectivity index (χ0) is 22.6. The molecule has 0 bridgehead atoms. The molecule has 0 atom stereocenters. The summed E-state index contributed by atoms with van der Waals surface area (Å²) in [5, 5.41) is 15.2. The van der Waals surface area contributed by atoms with Crippen LogP contribution in [0, 0.1) is 6.92 Å². The fourth-order valence-corrected chi connectivity index (χ4v) is 3.51. The van der Waals surface area contributed by atoms with Crippen molar-refractivity contribution in [2.75, 3.05) is 18.4 Å². The lowest BCUT2D eigenvalue weighted by molar-refractivity contribution is 0.0955. The van der Waals surface area contributed by atoms with Crippen molar-refractivity contribution >= 4 is 22.6 Å². The lowest BCUT2D eigenvalue weighted by atomic mass is 10.1. The van der Waals surface area contributed by atoms with E-state index < -0.39 is 0 Å². The molecule has 3 heterocycles. The van der Waals surface area contributed by atoms with Crippen molar-refractivity contribution in [3.63, 3.8) is 0 Å². The van der Waals surface area contributed by atoms with Gasteiger partial charge in [0.1, 0.15) is 17.2 Å². The first-order valence-electron chi connectivity index (χ1n) is 10.5. The molecule has 9 nitrogen and oxygen atoms in total. The smallest absolute Gasteiger partial charge is 0.251 e. The lowest BCUT2D eigenvalue weighted by Crippen LogP contribution is -2.29. The third-order valence-corrected chi connectivity index (χ3v) is 5.05.